The van der Waals surface area contributed by atoms with E-state index in [1.807, 2.05) is 6.07 Å². The van der Waals surface area contributed by atoms with Crippen molar-refractivity contribution in [3.8, 4) is 5.75 Å². The monoisotopic (exact) mass is 869 g/mol. The predicted octanol–water partition coefficient (Wildman–Crippen LogP) is 18.8. The van der Waals surface area contributed by atoms with Gasteiger partial charge in [-0.1, -0.05) is 257 Å². The van der Waals surface area contributed by atoms with Crippen LogP contribution in [0.5, 0.6) is 5.75 Å². The quantitative estimate of drug-likeness (QED) is 0.0473. The van der Waals surface area contributed by atoms with Crippen LogP contribution in [0.2, 0.25) is 0 Å². The molecule has 354 valence electrons. The fourth-order valence-electron chi connectivity index (χ4n) is 11.0. The Bertz CT molecular complexity index is 1890. The molecule has 0 heterocycles. The highest BCUT2D eigenvalue weighted by atomic mass is 16.3. The Kier molecular flexibility index (Phi) is 23.3. The van der Waals surface area contributed by atoms with Crippen LogP contribution in [0, 0.1) is 0 Å². The molecule has 1 nitrogen and oxygen atoms in total. The van der Waals surface area contributed by atoms with E-state index in [2.05, 4.69) is 141 Å². The molecule has 1 heteroatoms. The van der Waals surface area contributed by atoms with Gasteiger partial charge in [0.2, 0.25) is 0 Å². The van der Waals surface area contributed by atoms with E-state index in [-0.39, 0.29) is 16.2 Å². The average molecular weight is 869 g/mol. The summed E-state index contributed by atoms with van der Waals surface area (Å²) in [5, 5.41) is 12.1. The molecule has 0 spiro atoms. The lowest BCUT2D eigenvalue weighted by Crippen LogP contribution is -2.29. The Labute approximate surface area is 396 Å². The van der Waals surface area contributed by atoms with Crippen LogP contribution >= 0.6 is 0 Å². The van der Waals surface area contributed by atoms with E-state index in [1.54, 1.807) is 0 Å². The number of phenols is 1. The van der Waals surface area contributed by atoms with Crippen LogP contribution in [0.15, 0.2) is 84.9 Å². The van der Waals surface area contributed by atoms with Crippen molar-refractivity contribution in [2.75, 3.05) is 0 Å². The van der Waals surface area contributed by atoms with Gasteiger partial charge in [-0.25, -0.2) is 0 Å². The standard InChI is InChI=1S/C63H96O/c1-10-13-16-19-22-25-28-37-51-40-31-34-43-57(51)61(4,5)48-54-46-47-60(64)56(50-63(8,9)59-45-36-33-42-53(59)39-30-27-24-21-18-15-12-3)55(54)49-62(6,7)58-44-35-32-41-52(58)38-29-26-23-20-17-14-11-2/h31-36,40-47,64H,10-30,37-39,48-50H2,1-9H3. The van der Waals surface area contributed by atoms with Gasteiger partial charge in [0.1, 0.15) is 5.75 Å². The normalized spacial score (nSPS) is 12.3. The zero-order chi connectivity index (χ0) is 46.3. The zero-order valence-electron chi connectivity index (χ0n) is 43.1. The van der Waals surface area contributed by atoms with Gasteiger partial charge in [0.05, 0.1) is 0 Å². The van der Waals surface area contributed by atoms with Crippen molar-refractivity contribution in [2.24, 2.45) is 0 Å². The first-order valence-electron chi connectivity index (χ1n) is 26.9. The summed E-state index contributed by atoms with van der Waals surface area (Å²) in [7, 11) is 0. The second kappa shape index (κ2) is 28.0. The lowest BCUT2D eigenvalue weighted by Gasteiger charge is -2.35. The summed E-state index contributed by atoms with van der Waals surface area (Å²) in [5.74, 6) is 0.459. The predicted molar refractivity (Wildman–Crippen MR) is 283 cm³/mol. The lowest BCUT2D eigenvalue weighted by atomic mass is 9.69. The molecule has 0 aliphatic rings. The van der Waals surface area contributed by atoms with Crippen molar-refractivity contribution in [1.82, 2.24) is 0 Å². The van der Waals surface area contributed by atoms with Gasteiger partial charge >= 0.3 is 0 Å². The molecule has 4 aromatic carbocycles. The zero-order valence-corrected chi connectivity index (χ0v) is 43.1. The molecule has 0 radical (unpaired) electrons. The molecule has 0 saturated heterocycles. The first-order valence-corrected chi connectivity index (χ1v) is 26.9. The highest BCUT2D eigenvalue weighted by Crippen LogP contribution is 2.42. The second-order valence-corrected chi connectivity index (χ2v) is 22.0. The summed E-state index contributed by atoms with van der Waals surface area (Å²) < 4.78 is 0. The van der Waals surface area contributed by atoms with Gasteiger partial charge in [-0.15, -0.1) is 0 Å². The maximum absolute atomic E-state index is 12.1. The number of rotatable bonds is 33. The molecule has 0 unspecified atom stereocenters. The van der Waals surface area contributed by atoms with Gasteiger partial charge in [0.25, 0.3) is 0 Å². The number of aromatic hydroxyl groups is 1. The van der Waals surface area contributed by atoms with Crippen LogP contribution in [0.1, 0.15) is 247 Å². The van der Waals surface area contributed by atoms with Gasteiger partial charge in [0.15, 0.2) is 0 Å². The maximum Gasteiger partial charge on any atom is 0.119 e. The van der Waals surface area contributed by atoms with E-state index in [4.69, 9.17) is 0 Å². The molecule has 1 N–H and O–H groups in total. The topological polar surface area (TPSA) is 20.2 Å². The van der Waals surface area contributed by atoms with Crippen molar-refractivity contribution in [2.45, 2.75) is 252 Å². The summed E-state index contributed by atoms with van der Waals surface area (Å²) in [5.41, 5.74) is 12.5. The minimum Gasteiger partial charge on any atom is -0.508 e. The van der Waals surface area contributed by atoms with Crippen LogP contribution in [-0.4, -0.2) is 5.11 Å². The Hall–Kier alpha value is -3.32. The maximum atomic E-state index is 12.1. The first-order chi connectivity index (χ1) is 30.8. The number of phenolic OH excluding ortho intramolecular Hbond substituents is 1. The summed E-state index contributed by atoms with van der Waals surface area (Å²) >= 11 is 0. The van der Waals surface area contributed by atoms with E-state index in [9.17, 15) is 5.11 Å². The molecule has 4 rings (SSSR count). The van der Waals surface area contributed by atoms with E-state index < -0.39 is 0 Å². The van der Waals surface area contributed by atoms with Crippen LogP contribution in [0.3, 0.4) is 0 Å². The number of hydrogen-bond acceptors (Lipinski definition) is 1. The van der Waals surface area contributed by atoms with Crippen LogP contribution in [-0.2, 0) is 54.8 Å². The van der Waals surface area contributed by atoms with Crippen molar-refractivity contribution >= 4 is 0 Å². The highest BCUT2D eigenvalue weighted by Gasteiger charge is 2.33. The summed E-state index contributed by atoms with van der Waals surface area (Å²) in [6.07, 6.45) is 34.0. The minimum atomic E-state index is -0.152. The molecule has 64 heavy (non-hydrogen) atoms. The molecule has 0 amide bonds. The highest BCUT2D eigenvalue weighted by molar-refractivity contribution is 5.50. The first kappa shape index (κ1) is 53.3. The van der Waals surface area contributed by atoms with Crippen LogP contribution < -0.4 is 0 Å². The van der Waals surface area contributed by atoms with Crippen molar-refractivity contribution in [3.05, 3.63) is 135 Å². The summed E-state index contributed by atoms with van der Waals surface area (Å²) in [4.78, 5) is 0. The van der Waals surface area contributed by atoms with Crippen molar-refractivity contribution in [1.29, 1.82) is 0 Å². The van der Waals surface area contributed by atoms with Gasteiger partial charge in [-0.2, -0.15) is 0 Å². The van der Waals surface area contributed by atoms with E-state index in [0.29, 0.717) is 5.75 Å². The number of aryl methyl sites for hydroxylation is 3. The number of hydrogen-bond donors (Lipinski definition) is 1. The van der Waals surface area contributed by atoms with E-state index >= 15 is 0 Å². The molecule has 0 aliphatic carbocycles. The SMILES string of the molecule is CCCCCCCCCc1ccccc1C(C)(C)Cc1ccc(O)c(CC(C)(C)c2ccccc2CCCCCCCCC)c1CC(C)(C)c1ccccc1CCCCCCCCC. The van der Waals surface area contributed by atoms with Crippen LogP contribution in [0.4, 0.5) is 0 Å². The van der Waals surface area contributed by atoms with Crippen molar-refractivity contribution in [3.63, 3.8) is 0 Å². The fraction of sp³-hybridized carbons (Fsp3) is 0.619. The van der Waals surface area contributed by atoms with Gasteiger partial charge in [0, 0.05) is 0 Å². The summed E-state index contributed by atoms with van der Waals surface area (Å²) in [6.45, 7) is 21.7. The van der Waals surface area contributed by atoms with Gasteiger partial charge in [-0.05, 0) is 130 Å². The molecule has 0 fully saturated rings. The smallest absolute Gasteiger partial charge is 0.119 e. The molecule has 4 aromatic rings. The Morgan fingerprint density at radius 1 is 0.312 bits per heavy atom. The van der Waals surface area contributed by atoms with Crippen LogP contribution in [0.25, 0.3) is 0 Å². The van der Waals surface area contributed by atoms with Gasteiger partial charge < -0.3 is 5.11 Å². The third-order valence-electron chi connectivity index (χ3n) is 14.8. The molecular weight excluding hydrogens is 773 g/mol. The third kappa shape index (κ3) is 17.2. The molecular formula is C63H96O. The second-order valence-electron chi connectivity index (χ2n) is 22.0. The molecule has 0 saturated carbocycles. The Morgan fingerprint density at radius 3 is 0.969 bits per heavy atom. The Morgan fingerprint density at radius 2 is 0.609 bits per heavy atom. The third-order valence-corrected chi connectivity index (χ3v) is 14.8. The number of unbranched alkanes of at least 4 members (excludes halogenated alkanes) is 18. The Balaban J connectivity index is 1.69. The largest absolute Gasteiger partial charge is 0.508 e. The van der Waals surface area contributed by atoms with E-state index in [1.165, 1.54) is 179 Å². The van der Waals surface area contributed by atoms with Crippen molar-refractivity contribution < 1.29 is 5.11 Å². The van der Waals surface area contributed by atoms with E-state index in [0.717, 1.165) is 44.1 Å². The lowest BCUT2D eigenvalue weighted by molar-refractivity contribution is 0.438. The molecule has 0 aliphatic heterocycles. The van der Waals surface area contributed by atoms with Gasteiger partial charge in [-0.3, -0.25) is 0 Å². The summed E-state index contributed by atoms with van der Waals surface area (Å²) in [6, 6.07) is 32.2. The molecule has 0 aromatic heterocycles. The average Bonchev–Trinajstić information content (AvgIpc) is 3.28. The minimum absolute atomic E-state index is 0.0709. The molecule has 0 atom stereocenters. The fourth-order valence-corrected chi connectivity index (χ4v) is 11.0. The molecule has 0 bridgehead atoms. The number of benzene rings is 4.